The zero-order valence-corrected chi connectivity index (χ0v) is 16.3. The molecule has 0 saturated carbocycles. The third-order valence-corrected chi connectivity index (χ3v) is 3.64. The number of aromatic nitrogens is 4. The first kappa shape index (κ1) is 23.6. The number of nitrogens with zero attached hydrogens (tertiary/aromatic N) is 3. The van der Waals surface area contributed by atoms with Gasteiger partial charge in [-0.25, -0.2) is 19.7 Å². The smallest absolute Gasteiger partial charge is 0.475 e. The van der Waals surface area contributed by atoms with Gasteiger partial charge in [0.15, 0.2) is 5.82 Å². The number of fused-ring (bicyclic) bond motifs is 1. The molecule has 0 bridgehead atoms. The Labute approximate surface area is 171 Å². The first-order valence-corrected chi connectivity index (χ1v) is 8.47. The number of anilines is 1. The van der Waals surface area contributed by atoms with Crippen molar-refractivity contribution in [3.05, 3.63) is 36.0 Å². The van der Waals surface area contributed by atoms with E-state index in [0.717, 1.165) is 12.3 Å². The van der Waals surface area contributed by atoms with Gasteiger partial charge in [0, 0.05) is 36.7 Å². The van der Waals surface area contributed by atoms with Gasteiger partial charge in [0.25, 0.3) is 0 Å². The van der Waals surface area contributed by atoms with E-state index in [2.05, 4.69) is 25.3 Å². The quantitative estimate of drug-likeness (QED) is 0.524. The van der Waals surface area contributed by atoms with E-state index < -0.39 is 23.9 Å². The summed E-state index contributed by atoms with van der Waals surface area (Å²) < 4.78 is 58.9. The molecule has 0 saturated heterocycles. The lowest BCUT2D eigenvalue weighted by Crippen LogP contribution is -2.21. The number of aromatic amines is 1. The lowest BCUT2D eigenvalue weighted by Gasteiger charge is -2.11. The first-order chi connectivity index (χ1) is 14.2. The third kappa shape index (κ3) is 6.17. The summed E-state index contributed by atoms with van der Waals surface area (Å²) in [6.45, 7) is 3.78. The van der Waals surface area contributed by atoms with E-state index in [1.807, 2.05) is 0 Å². The summed E-state index contributed by atoms with van der Waals surface area (Å²) >= 11 is 0. The molecule has 0 aliphatic heterocycles. The highest BCUT2D eigenvalue weighted by molar-refractivity contribution is 5.97. The molecule has 3 heterocycles. The number of halogens is 5. The van der Waals surface area contributed by atoms with Crippen LogP contribution in [0.5, 0.6) is 0 Å². The summed E-state index contributed by atoms with van der Waals surface area (Å²) in [5, 5.41) is 10.4. The highest BCUT2D eigenvalue weighted by Crippen LogP contribution is 2.31. The van der Waals surface area contributed by atoms with Crippen LogP contribution in [0.25, 0.3) is 22.2 Å². The van der Waals surface area contributed by atoms with Gasteiger partial charge in [-0.05, 0) is 19.1 Å². The number of H-pyrrole nitrogens is 1. The van der Waals surface area contributed by atoms with Crippen molar-refractivity contribution in [3.8, 4) is 11.3 Å². The van der Waals surface area contributed by atoms with Crippen molar-refractivity contribution in [2.75, 3.05) is 5.32 Å². The molecule has 13 heteroatoms. The fraction of sp³-hybridized carbons (Fsp3) is 0.278. The van der Waals surface area contributed by atoms with Crippen LogP contribution in [0.15, 0.2) is 24.5 Å². The lowest BCUT2D eigenvalue weighted by molar-refractivity contribution is -0.192. The Morgan fingerprint density at radius 2 is 1.74 bits per heavy atom. The number of carbonyl (C=O) groups excluding carboxylic acids is 1. The highest BCUT2D eigenvalue weighted by Gasteiger charge is 2.38. The number of rotatable bonds is 3. The highest BCUT2D eigenvalue weighted by atomic mass is 19.4. The van der Waals surface area contributed by atoms with Gasteiger partial charge in [-0.1, -0.05) is 0 Å². The van der Waals surface area contributed by atoms with Crippen LogP contribution in [0.3, 0.4) is 0 Å². The van der Waals surface area contributed by atoms with Crippen molar-refractivity contribution < 1.29 is 36.6 Å². The molecule has 3 rings (SSSR count). The number of amides is 1. The summed E-state index contributed by atoms with van der Waals surface area (Å²) in [6, 6.07) is 3.31. The van der Waals surface area contributed by atoms with Crippen molar-refractivity contribution in [1.82, 2.24) is 19.9 Å². The first-order valence-electron chi connectivity index (χ1n) is 8.47. The van der Waals surface area contributed by atoms with Crippen molar-refractivity contribution in [1.29, 1.82) is 0 Å². The van der Waals surface area contributed by atoms with Crippen LogP contribution in [0, 0.1) is 6.92 Å². The molecule has 0 atom stereocenters. The number of aliphatic carboxylic acids is 1. The predicted octanol–water partition coefficient (Wildman–Crippen LogP) is 4.03. The fourth-order valence-corrected chi connectivity index (χ4v) is 2.38. The summed E-state index contributed by atoms with van der Waals surface area (Å²) in [7, 11) is 0. The standard InChI is InChI=1S/C16H15F2N5O.C2HF3O2/c1-8-4-12(23-15(21-8)16(3,17)18)11-6-19-13-7-20-14(5-10(11)13)22-9(2)24;3-2(4,5)1(6)7/h4-7,19H,1-3H3,(H,20,22,24);(H,6,7). The Kier molecular flexibility index (Phi) is 6.57. The molecular formula is C18H16F5N5O3. The number of nitrogens with one attached hydrogen (secondary N) is 2. The average Bonchev–Trinajstić information content (AvgIpc) is 3.03. The zero-order chi connectivity index (χ0) is 23.6. The molecule has 0 aromatic carbocycles. The van der Waals surface area contributed by atoms with Crippen LogP contribution in [0.1, 0.15) is 25.4 Å². The van der Waals surface area contributed by atoms with Gasteiger partial charge in [-0.2, -0.15) is 22.0 Å². The van der Waals surface area contributed by atoms with Crippen LogP contribution in [-0.2, 0) is 15.5 Å². The number of pyridine rings is 1. The van der Waals surface area contributed by atoms with Crippen LogP contribution in [-0.4, -0.2) is 43.1 Å². The van der Waals surface area contributed by atoms with Crippen LogP contribution in [0.2, 0.25) is 0 Å². The van der Waals surface area contributed by atoms with Crippen LogP contribution in [0.4, 0.5) is 27.8 Å². The van der Waals surface area contributed by atoms with E-state index in [4.69, 9.17) is 9.90 Å². The Bertz CT molecular complexity index is 1120. The normalized spacial score (nSPS) is 11.6. The minimum Gasteiger partial charge on any atom is -0.475 e. The van der Waals surface area contributed by atoms with E-state index in [9.17, 15) is 26.7 Å². The van der Waals surface area contributed by atoms with E-state index in [1.165, 1.54) is 6.92 Å². The van der Waals surface area contributed by atoms with Gasteiger partial charge in [0.2, 0.25) is 5.91 Å². The molecule has 3 N–H and O–H groups in total. The summed E-state index contributed by atoms with van der Waals surface area (Å²) in [5.74, 6) is -6.28. The molecule has 1 amide bonds. The maximum absolute atomic E-state index is 13.6. The SMILES string of the molecule is CC(=O)Nc1cc2c(-c3cc(C)nc(C(C)(F)F)n3)c[nH]c2cn1.O=C(O)C(F)(F)F. The second-order valence-corrected chi connectivity index (χ2v) is 6.41. The summed E-state index contributed by atoms with van der Waals surface area (Å²) in [5.41, 5.74) is 2.17. The van der Waals surface area contributed by atoms with E-state index in [0.29, 0.717) is 28.3 Å². The Balaban J connectivity index is 0.000000423. The second kappa shape index (κ2) is 8.62. The van der Waals surface area contributed by atoms with Gasteiger partial charge in [-0.15, -0.1) is 0 Å². The molecular weight excluding hydrogens is 429 g/mol. The summed E-state index contributed by atoms with van der Waals surface area (Å²) in [6.07, 6.45) is -1.85. The Hall–Kier alpha value is -3.64. The molecule has 0 spiro atoms. The molecule has 3 aromatic heterocycles. The van der Waals surface area contributed by atoms with Gasteiger partial charge >= 0.3 is 18.1 Å². The Morgan fingerprint density at radius 1 is 1.13 bits per heavy atom. The number of hydrogen-bond acceptors (Lipinski definition) is 5. The average molecular weight is 445 g/mol. The minimum absolute atomic E-state index is 0.246. The molecule has 0 aliphatic rings. The fourth-order valence-electron chi connectivity index (χ4n) is 2.38. The largest absolute Gasteiger partial charge is 0.490 e. The molecule has 8 nitrogen and oxygen atoms in total. The number of aryl methyl sites for hydroxylation is 1. The molecule has 0 aliphatic carbocycles. The minimum atomic E-state index is -5.08. The zero-order valence-electron chi connectivity index (χ0n) is 16.3. The number of carboxylic acids is 1. The molecule has 166 valence electrons. The number of carbonyl (C=O) groups is 2. The molecule has 3 aromatic rings. The second-order valence-electron chi connectivity index (χ2n) is 6.41. The molecule has 0 radical (unpaired) electrons. The maximum atomic E-state index is 13.6. The summed E-state index contributed by atoms with van der Waals surface area (Å²) in [4.78, 5) is 35.0. The van der Waals surface area contributed by atoms with E-state index >= 15 is 0 Å². The number of alkyl halides is 5. The number of carboxylic acid groups (broad SMARTS) is 1. The van der Waals surface area contributed by atoms with Gasteiger partial charge < -0.3 is 15.4 Å². The van der Waals surface area contributed by atoms with Gasteiger partial charge in [-0.3, -0.25) is 4.79 Å². The topological polar surface area (TPSA) is 121 Å². The predicted molar refractivity (Wildman–Crippen MR) is 99.4 cm³/mol. The molecule has 31 heavy (non-hydrogen) atoms. The monoisotopic (exact) mass is 445 g/mol. The molecule has 0 fully saturated rings. The van der Waals surface area contributed by atoms with E-state index in [-0.39, 0.29) is 5.91 Å². The van der Waals surface area contributed by atoms with Crippen molar-refractivity contribution >= 4 is 28.6 Å². The van der Waals surface area contributed by atoms with Crippen molar-refractivity contribution in [2.24, 2.45) is 0 Å². The number of hydrogen-bond donors (Lipinski definition) is 3. The van der Waals surface area contributed by atoms with Gasteiger partial charge in [0.05, 0.1) is 17.4 Å². The molecule has 0 unspecified atom stereocenters. The maximum Gasteiger partial charge on any atom is 0.490 e. The van der Waals surface area contributed by atoms with E-state index in [1.54, 1.807) is 31.5 Å². The van der Waals surface area contributed by atoms with Crippen molar-refractivity contribution in [3.63, 3.8) is 0 Å². The van der Waals surface area contributed by atoms with Crippen molar-refractivity contribution in [2.45, 2.75) is 32.9 Å². The third-order valence-electron chi connectivity index (χ3n) is 3.64. The van der Waals surface area contributed by atoms with Gasteiger partial charge in [0.1, 0.15) is 5.82 Å². The van der Waals surface area contributed by atoms with Crippen LogP contribution < -0.4 is 5.32 Å². The lowest BCUT2D eigenvalue weighted by atomic mass is 10.1. The van der Waals surface area contributed by atoms with Crippen LogP contribution >= 0.6 is 0 Å². The Morgan fingerprint density at radius 3 is 2.26 bits per heavy atom.